The van der Waals surface area contributed by atoms with Crippen molar-refractivity contribution in [3.63, 3.8) is 0 Å². The standard InChI is InChI=1S/C14H19N3O4/c1-5-19-11(2)21-14(9-15,10-16)13(17(3)18-4)12-7-6-8-20-12/h6-8,11,13H,5H2,1-4H3. The van der Waals surface area contributed by atoms with E-state index in [1.54, 1.807) is 33.0 Å². The van der Waals surface area contributed by atoms with E-state index in [1.165, 1.54) is 18.4 Å². The molecule has 0 N–H and O–H groups in total. The van der Waals surface area contributed by atoms with Gasteiger partial charge in [-0.15, -0.1) is 0 Å². The van der Waals surface area contributed by atoms with Gasteiger partial charge in [0.25, 0.3) is 5.60 Å². The third-order valence-electron chi connectivity index (χ3n) is 2.93. The van der Waals surface area contributed by atoms with Gasteiger partial charge in [-0.05, 0) is 26.0 Å². The van der Waals surface area contributed by atoms with Gasteiger partial charge >= 0.3 is 0 Å². The molecule has 0 saturated heterocycles. The lowest BCUT2D eigenvalue weighted by Crippen LogP contribution is -2.46. The topological polar surface area (TPSA) is 91.6 Å². The molecule has 21 heavy (non-hydrogen) atoms. The van der Waals surface area contributed by atoms with Crippen molar-refractivity contribution < 1.29 is 18.7 Å². The number of furan rings is 1. The molecule has 0 radical (unpaired) electrons. The normalized spacial score (nSPS) is 14.4. The highest BCUT2D eigenvalue weighted by Crippen LogP contribution is 2.35. The van der Waals surface area contributed by atoms with Gasteiger partial charge in [0.2, 0.25) is 0 Å². The van der Waals surface area contributed by atoms with Crippen LogP contribution in [0.2, 0.25) is 0 Å². The van der Waals surface area contributed by atoms with E-state index in [0.29, 0.717) is 12.4 Å². The molecule has 2 unspecified atom stereocenters. The highest BCUT2D eigenvalue weighted by Gasteiger charge is 2.48. The fourth-order valence-electron chi connectivity index (χ4n) is 1.98. The second-order valence-electron chi connectivity index (χ2n) is 4.25. The van der Waals surface area contributed by atoms with E-state index >= 15 is 0 Å². The van der Waals surface area contributed by atoms with Crippen molar-refractivity contribution in [2.75, 3.05) is 20.8 Å². The van der Waals surface area contributed by atoms with E-state index in [-0.39, 0.29) is 0 Å². The lowest BCUT2D eigenvalue weighted by atomic mass is 9.94. The fourth-order valence-corrected chi connectivity index (χ4v) is 1.98. The Morgan fingerprint density at radius 2 is 2.10 bits per heavy atom. The van der Waals surface area contributed by atoms with Crippen molar-refractivity contribution in [1.82, 2.24) is 5.06 Å². The zero-order chi connectivity index (χ0) is 15.9. The van der Waals surface area contributed by atoms with Crippen LogP contribution in [0.5, 0.6) is 0 Å². The summed E-state index contributed by atoms with van der Waals surface area (Å²) >= 11 is 0. The van der Waals surface area contributed by atoms with Crippen LogP contribution in [-0.4, -0.2) is 37.7 Å². The quantitative estimate of drug-likeness (QED) is 0.534. The maximum Gasteiger partial charge on any atom is 0.268 e. The maximum atomic E-state index is 9.53. The first-order chi connectivity index (χ1) is 10.0. The Labute approximate surface area is 124 Å². The summed E-state index contributed by atoms with van der Waals surface area (Å²) in [4.78, 5) is 5.14. The highest BCUT2D eigenvalue weighted by molar-refractivity contribution is 5.28. The number of likely N-dealkylation sites (N-methyl/N-ethyl adjacent to an activating group) is 1. The summed E-state index contributed by atoms with van der Waals surface area (Å²) in [5, 5.41) is 20.4. The van der Waals surface area contributed by atoms with Crippen molar-refractivity contribution in [3.8, 4) is 12.1 Å². The Morgan fingerprint density at radius 3 is 2.52 bits per heavy atom. The summed E-state index contributed by atoms with van der Waals surface area (Å²) in [6.45, 7) is 3.82. The Hall–Kier alpha value is -1.90. The van der Waals surface area contributed by atoms with Crippen LogP contribution in [0.4, 0.5) is 0 Å². The van der Waals surface area contributed by atoms with Crippen LogP contribution in [-0.2, 0) is 14.3 Å². The molecule has 0 amide bonds. The molecule has 0 aromatic carbocycles. The molecule has 7 nitrogen and oxygen atoms in total. The summed E-state index contributed by atoms with van der Waals surface area (Å²) in [5.74, 6) is 0.381. The largest absolute Gasteiger partial charge is 0.467 e. The Balaban J connectivity index is 3.21. The van der Waals surface area contributed by atoms with Crippen LogP contribution in [0.25, 0.3) is 0 Å². The van der Waals surface area contributed by atoms with Crippen LogP contribution in [0.15, 0.2) is 22.8 Å². The van der Waals surface area contributed by atoms with Crippen LogP contribution in [0.3, 0.4) is 0 Å². The average Bonchev–Trinajstić information content (AvgIpc) is 3.00. The van der Waals surface area contributed by atoms with Gasteiger partial charge in [0.1, 0.15) is 23.9 Å². The summed E-state index contributed by atoms with van der Waals surface area (Å²) in [5.41, 5.74) is -1.84. The summed E-state index contributed by atoms with van der Waals surface area (Å²) in [6, 6.07) is 6.28. The van der Waals surface area contributed by atoms with Gasteiger partial charge in [-0.25, -0.2) is 0 Å². The van der Waals surface area contributed by atoms with Gasteiger partial charge in [-0.3, -0.25) is 0 Å². The van der Waals surface area contributed by atoms with Crippen LogP contribution in [0.1, 0.15) is 25.6 Å². The molecule has 114 valence electrons. The van der Waals surface area contributed by atoms with E-state index in [1.807, 2.05) is 12.1 Å². The van der Waals surface area contributed by atoms with E-state index in [9.17, 15) is 10.5 Å². The molecule has 2 atom stereocenters. The van der Waals surface area contributed by atoms with Gasteiger partial charge in [-0.2, -0.15) is 15.6 Å². The smallest absolute Gasteiger partial charge is 0.268 e. The minimum atomic E-state index is -1.84. The highest BCUT2D eigenvalue weighted by atomic mass is 16.7. The predicted molar refractivity (Wildman–Crippen MR) is 72.4 cm³/mol. The summed E-state index contributed by atoms with van der Waals surface area (Å²) in [7, 11) is 3.02. The molecule has 1 heterocycles. The molecular weight excluding hydrogens is 274 g/mol. The maximum absolute atomic E-state index is 9.53. The second kappa shape index (κ2) is 7.77. The van der Waals surface area contributed by atoms with Crippen molar-refractivity contribution >= 4 is 0 Å². The second-order valence-corrected chi connectivity index (χ2v) is 4.25. The Kier molecular flexibility index (Phi) is 6.35. The van der Waals surface area contributed by atoms with Crippen molar-refractivity contribution in [2.24, 2.45) is 0 Å². The molecule has 1 aromatic heterocycles. The van der Waals surface area contributed by atoms with Crippen molar-refractivity contribution in [1.29, 1.82) is 10.5 Å². The first-order valence-corrected chi connectivity index (χ1v) is 6.46. The SMILES string of the molecule is CCOC(C)OC(C#N)(C#N)C(c1ccco1)N(C)OC. The first-order valence-electron chi connectivity index (χ1n) is 6.46. The van der Waals surface area contributed by atoms with Crippen molar-refractivity contribution in [2.45, 2.75) is 31.8 Å². The van der Waals surface area contributed by atoms with Crippen LogP contribution in [0, 0.1) is 22.7 Å². The van der Waals surface area contributed by atoms with Gasteiger partial charge < -0.3 is 18.7 Å². The molecule has 0 aliphatic rings. The number of nitrogens with zero attached hydrogens (tertiary/aromatic N) is 3. The third-order valence-corrected chi connectivity index (χ3v) is 2.93. The minimum absolute atomic E-state index is 0.381. The average molecular weight is 293 g/mol. The number of rotatable bonds is 8. The molecule has 0 saturated carbocycles. The van der Waals surface area contributed by atoms with Gasteiger partial charge in [-0.1, -0.05) is 0 Å². The molecule has 7 heteroatoms. The van der Waals surface area contributed by atoms with E-state index < -0.39 is 17.9 Å². The van der Waals surface area contributed by atoms with E-state index in [0.717, 1.165) is 0 Å². The number of hydrogen-bond acceptors (Lipinski definition) is 7. The number of hydrogen-bond donors (Lipinski definition) is 0. The number of nitriles is 2. The molecule has 1 aromatic rings. The summed E-state index contributed by atoms with van der Waals surface area (Å²) < 4.78 is 16.2. The summed E-state index contributed by atoms with van der Waals surface area (Å²) in [6.07, 6.45) is 0.731. The fraction of sp³-hybridized carbons (Fsp3) is 0.571. The lowest BCUT2D eigenvalue weighted by Gasteiger charge is -2.34. The van der Waals surface area contributed by atoms with E-state index in [4.69, 9.17) is 18.7 Å². The van der Waals surface area contributed by atoms with Gasteiger partial charge in [0.05, 0.1) is 13.4 Å². The molecule has 0 fully saturated rings. The zero-order valence-corrected chi connectivity index (χ0v) is 12.6. The number of hydroxylamine groups is 2. The van der Waals surface area contributed by atoms with Crippen LogP contribution < -0.4 is 0 Å². The lowest BCUT2D eigenvalue weighted by molar-refractivity contribution is -0.228. The van der Waals surface area contributed by atoms with Crippen LogP contribution >= 0.6 is 0 Å². The zero-order valence-electron chi connectivity index (χ0n) is 12.6. The molecule has 0 aliphatic carbocycles. The molecule has 0 spiro atoms. The molecule has 1 rings (SSSR count). The minimum Gasteiger partial charge on any atom is -0.467 e. The molecule has 0 bridgehead atoms. The monoisotopic (exact) mass is 293 g/mol. The predicted octanol–water partition coefficient (Wildman–Crippen LogP) is 2.00. The van der Waals surface area contributed by atoms with Gasteiger partial charge in [0.15, 0.2) is 6.29 Å². The molecular formula is C14H19N3O4. The van der Waals surface area contributed by atoms with Gasteiger partial charge in [0, 0.05) is 13.7 Å². The van der Waals surface area contributed by atoms with Crippen molar-refractivity contribution in [3.05, 3.63) is 24.2 Å². The van der Waals surface area contributed by atoms with E-state index in [2.05, 4.69) is 0 Å². The number of ether oxygens (including phenoxy) is 2. The molecule has 0 aliphatic heterocycles. The Morgan fingerprint density at radius 1 is 1.43 bits per heavy atom. The Bertz CT molecular complexity index is 489. The first kappa shape index (κ1) is 17.2. The third kappa shape index (κ3) is 3.81.